The number of anilines is 1. The fourth-order valence-electron chi connectivity index (χ4n) is 3.29. The summed E-state index contributed by atoms with van der Waals surface area (Å²) >= 11 is 1.62. The number of nitrogens with zero attached hydrogens (tertiary/aromatic N) is 2. The predicted molar refractivity (Wildman–Crippen MR) is 119 cm³/mol. The second-order valence-corrected chi connectivity index (χ2v) is 8.11. The van der Waals surface area contributed by atoms with Crippen molar-refractivity contribution in [2.45, 2.75) is 6.42 Å². The Morgan fingerprint density at radius 3 is 2.57 bits per heavy atom. The maximum absolute atomic E-state index is 12.1. The topological polar surface area (TPSA) is 83.6 Å². The molecule has 7 nitrogen and oxygen atoms in total. The zero-order valence-electron chi connectivity index (χ0n) is 16.6. The molecule has 1 aliphatic heterocycles. The molecule has 2 N–H and O–H groups in total. The number of fused-ring (bicyclic) bond motifs is 1. The van der Waals surface area contributed by atoms with E-state index in [0.29, 0.717) is 12.2 Å². The second-order valence-electron chi connectivity index (χ2n) is 7.08. The van der Waals surface area contributed by atoms with Crippen LogP contribution in [-0.2, 0) is 14.3 Å². The van der Waals surface area contributed by atoms with E-state index in [9.17, 15) is 9.59 Å². The van der Waals surface area contributed by atoms with E-state index in [0.717, 1.165) is 60.1 Å². The van der Waals surface area contributed by atoms with Crippen molar-refractivity contribution in [1.82, 2.24) is 15.2 Å². The molecule has 4 rings (SSSR count). The second kappa shape index (κ2) is 9.80. The summed E-state index contributed by atoms with van der Waals surface area (Å²) in [5.74, 6) is -1.28. The molecule has 0 atom stereocenters. The van der Waals surface area contributed by atoms with Crippen LogP contribution < -0.4 is 10.6 Å². The van der Waals surface area contributed by atoms with E-state index in [1.165, 1.54) is 0 Å². The number of benzene rings is 2. The molecule has 1 aliphatic rings. The zero-order chi connectivity index (χ0) is 20.8. The van der Waals surface area contributed by atoms with Crippen LogP contribution in [0.3, 0.4) is 0 Å². The van der Waals surface area contributed by atoms with Crippen LogP contribution in [0.25, 0.3) is 20.8 Å². The van der Waals surface area contributed by atoms with Crippen LogP contribution in [-0.4, -0.2) is 61.1 Å². The lowest BCUT2D eigenvalue weighted by Crippen LogP contribution is -2.39. The number of para-hydroxylation sites is 1. The van der Waals surface area contributed by atoms with Gasteiger partial charge < -0.3 is 15.4 Å². The molecule has 3 aromatic rings. The average Bonchev–Trinajstić information content (AvgIpc) is 3.22. The van der Waals surface area contributed by atoms with Gasteiger partial charge >= 0.3 is 11.8 Å². The Kier molecular flexibility index (Phi) is 6.68. The molecule has 0 aliphatic carbocycles. The number of thiazole rings is 1. The summed E-state index contributed by atoms with van der Waals surface area (Å²) in [5.41, 5.74) is 2.52. The van der Waals surface area contributed by atoms with Crippen LogP contribution in [0, 0.1) is 0 Å². The van der Waals surface area contributed by atoms with Crippen LogP contribution in [0.15, 0.2) is 48.5 Å². The number of hydrogen-bond donors (Lipinski definition) is 2. The third-order valence-electron chi connectivity index (χ3n) is 4.93. The maximum atomic E-state index is 12.1. The van der Waals surface area contributed by atoms with Gasteiger partial charge in [-0.25, -0.2) is 4.98 Å². The summed E-state index contributed by atoms with van der Waals surface area (Å²) in [4.78, 5) is 31.1. The molecule has 30 heavy (non-hydrogen) atoms. The van der Waals surface area contributed by atoms with Crippen molar-refractivity contribution in [3.63, 3.8) is 0 Å². The molecule has 2 aromatic carbocycles. The summed E-state index contributed by atoms with van der Waals surface area (Å²) in [6, 6.07) is 15.4. The minimum atomic E-state index is -0.658. The Bertz CT molecular complexity index is 980. The van der Waals surface area contributed by atoms with Crippen molar-refractivity contribution >= 4 is 39.1 Å². The minimum absolute atomic E-state index is 0.472. The highest BCUT2D eigenvalue weighted by molar-refractivity contribution is 7.21. The predicted octanol–water partition coefficient (Wildman–Crippen LogP) is 2.74. The van der Waals surface area contributed by atoms with Crippen molar-refractivity contribution in [2.75, 3.05) is 44.7 Å². The summed E-state index contributed by atoms with van der Waals surface area (Å²) in [5, 5.41) is 6.24. The molecule has 156 valence electrons. The fourth-order valence-corrected chi connectivity index (χ4v) is 4.26. The van der Waals surface area contributed by atoms with Crippen LogP contribution in [0.4, 0.5) is 5.69 Å². The Labute approximate surface area is 179 Å². The van der Waals surface area contributed by atoms with Gasteiger partial charge in [-0.2, -0.15) is 0 Å². The Morgan fingerprint density at radius 1 is 1.03 bits per heavy atom. The first-order chi connectivity index (χ1) is 14.7. The lowest BCUT2D eigenvalue weighted by molar-refractivity contribution is -0.136. The third-order valence-corrected chi connectivity index (χ3v) is 6.02. The van der Waals surface area contributed by atoms with Gasteiger partial charge in [-0.1, -0.05) is 12.1 Å². The molecule has 0 bridgehead atoms. The number of amides is 2. The average molecular weight is 425 g/mol. The number of hydrogen-bond acceptors (Lipinski definition) is 6. The van der Waals surface area contributed by atoms with Crippen molar-refractivity contribution in [1.29, 1.82) is 0 Å². The lowest BCUT2D eigenvalue weighted by Gasteiger charge is -2.26. The van der Waals surface area contributed by atoms with E-state index in [1.807, 2.05) is 36.4 Å². The van der Waals surface area contributed by atoms with Gasteiger partial charge in [0.05, 0.1) is 23.4 Å². The van der Waals surface area contributed by atoms with Crippen molar-refractivity contribution < 1.29 is 14.3 Å². The van der Waals surface area contributed by atoms with Gasteiger partial charge in [0, 0.05) is 30.9 Å². The van der Waals surface area contributed by atoms with Gasteiger partial charge in [0.15, 0.2) is 0 Å². The van der Waals surface area contributed by atoms with Gasteiger partial charge in [0.1, 0.15) is 5.01 Å². The quantitative estimate of drug-likeness (QED) is 0.470. The maximum Gasteiger partial charge on any atom is 0.313 e. The van der Waals surface area contributed by atoms with Crippen LogP contribution in [0.5, 0.6) is 0 Å². The first-order valence-electron chi connectivity index (χ1n) is 10.0. The standard InChI is InChI=1S/C22H24N4O3S/c27-20(23-10-3-11-26-12-14-29-15-13-26)21(28)24-17-8-6-16(7-9-17)22-25-18-4-1-2-5-19(18)30-22/h1-2,4-9H,3,10-15H2,(H,23,27)(H,24,28). The molecule has 8 heteroatoms. The zero-order valence-corrected chi connectivity index (χ0v) is 17.4. The van der Waals surface area contributed by atoms with Gasteiger partial charge in [0.2, 0.25) is 0 Å². The number of morpholine rings is 1. The molecule has 1 fully saturated rings. The molecule has 1 saturated heterocycles. The first-order valence-corrected chi connectivity index (χ1v) is 10.9. The van der Waals surface area contributed by atoms with Crippen molar-refractivity contribution in [2.24, 2.45) is 0 Å². The van der Waals surface area contributed by atoms with E-state index < -0.39 is 11.8 Å². The number of rotatable bonds is 6. The van der Waals surface area contributed by atoms with Gasteiger partial charge in [-0.05, 0) is 49.4 Å². The fraction of sp³-hybridized carbons (Fsp3) is 0.318. The number of aromatic nitrogens is 1. The van der Waals surface area contributed by atoms with E-state index >= 15 is 0 Å². The summed E-state index contributed by atoms with van der Waals surface area (Å²) in [6.45, 7) is 4.71. The van der Waals surface area contributed by atoms with E-state index in [4.69, 9.17) is 4.74 Å². The molecule has 1 aromatic heterocycles. The third kappa shape index (κ3) is 5.21. The summed E-state index contributed by atoms with van der Waals surface area (Å²) in [7, 11) is 0. The van der Waals surface area contributed by atoms with E-state index in [2.05, 4.69) is 20.5 Å². The molecule has 0 saturated carbocycles. The molecule has 2 amide bonds. The first kappa shape index (κ1) is 20.5. The monoisotopic (exact) mass is 424 g/mol. The molecular formula is C22H24N4O3S. The SMILES string of the molecule is O=C(NCCCN1CCOCC1)C(=O)Nc1ccc(-c2nc3ccccc3s2)cc1. The molecule has 0 spiro atoms. The van der Waals surface area contributed by atoms with Gasteiger partial charge in [-0.3, -0.25) is 14.5 Å². The Hall–Kier alpha value is -2.81. The highest BCUT2D eigenvalue weighted by Crippen LogP contribution is 2.30. The van der Waals surface area contributed by atoms with Gasteiger partial charge in [0.25, 0.3) is 0 Å². The number of ether oxygens (including phenoxy) is 1. The van der Waals surface area contributed by atoms with Crippen molar-refractivity contribution in [3.8, 4) is 10.6 Å². The number of carbonyl (C=O) groups is 2. The van der Waals surface area contributed by atoms with Crippen molar-refractivity contribution in [3.05, 3.63) is 48.5 Å². The molecule has 2 heterocycles. The molecule has 0 radical (unpaired) electrons. The molecule has 0 unspecified atom stereocenters. The van der Waals surface area contributed by atoms with E-state index in [1.54, 1.807) is 23.5 Å². The number of carbonyl (C=O) groups excluding carboxylic acids is 2. The molecular weight excluding hydrogens is 400 g/mol. The van der Waals surface area contributed by atoms with Gasteiger partial charge in [-0.15, -0.1) is 11.3 Å². The van der Waals surface area contributed by atoms with E-state index in [-0.39, 0.29) is 0 Å². The Morgan fingerprint density at radius 2 is 1.80 bits per heavy atom. The summed E-state index contributed by atoms with van der Waals surface area (Å²) in [6.07, 6.45) is 0.801. The van der Waals surface area contributed by atoms with Crippen LogP contribution >= 0.6 is 11.3 Å². The summed E-state index contributed by atoms with van der Waals surface area (Å²) < 4.78 is 6.45. The largest absolute Gasteiger partial charge is 0.379 e. The van der Waals surface area contributed by atoms with Crippen LogP contribution in [0.1, 0.15) is 6.42 Å². The number of nitrogens with one attached hydrogen (secondary N) is 2. The lowest BCUT2D eigenvalue weighted by atomic mass is 10.2. The smallest absolute Gasteiger partial charge is 0.313 e. The van der Waals surface area contributed by atoms with Crippen LogP contribution in [0.2, 0.25) is 0 Å². The Balaban J connectivity index is 1.25. The highest BCUT2D eigenvalue weighted by Gasteiger charge is 2.14. The minimum Gasteiger partial charge on any atom is -0.379 e. The normalized spacial score (nSPS) is 14.5. The highest BCUT2D eigenvalue weighted by atomic mass is 32.1.